The van der Waals surface area contributed by atoms with Gasteiger partial charge in [0, 0.05) is 12.8 Å². The van der Waals surface area contributed by atoms with Gasteiger partial charge in [-0.1, -0.05) is 348 Å². The lowest BCUT2D eigenvalue weighted by Gasteiger charge is -2.15. The van der Waals surface area contributed by atoms with E-state index in [-0.39, 0.29) is 25.2 Å². The topological polar surface area (TPSA) is 72.8 Å². The van der Waals surface area contributed by atoms with Crippen LogP contribution in [-0.2, 0) is 19.1 Å². The van der Waals surface area contributed by atoms with Crippen LogP contribution in [0.15, 0.2) is 0 Å². The molecule has 1 unspecified atom stereocenters. The summed E-state index contributed by atoms with van der Waals surface area (Å²) in [6.07, 6.45) is 74.0. The first-order valence-corrected chi connectivity index (χ1v) is 31.6. The van der Waals surface area contributed by atoms with Crippen LogP contribution in [-0.4, -0.2) is 36.4 Å². The Morgan fingerprint density at radius 3 is 0.647 bits per heavy atom. The molecule has 0 aliphatic heterocycles. The maximum Gasteiger partial charge on any atom is 0.306 e. The maximum atomic E-state index is 12.3. The van der Waals surface area contributed by atoms with Crippen molar-refractivity contribution < 1.29 is 24.2 Å². The van der Waals surface area contributed by atoms with Crippen LogP contribution in [0.5, 0.6) is 0 Å². The van der Waals surface area contributed by atoms with E-state index in [1.807, 2.05) is 0 Å². The summed E-state index contributed by atoms with van der Waals surface area (Å²) in [6, 6.07) is 0. The van der Waals surface area contributed by atoms with Crippen molar-refractivity contribution in [3.63, 3.8) is 0 Å². The Morgan fingerprint density at radius 1 is 0.279 bits per heavy atom. The highest BCUT2D eigenvalue weighted by Crippen LogP contribution is 2.19. The van der Waals surface area contributed by atoms with E-state index in [1.54, 1.807) is 0 Å². The zero-order chi connectivity index (χ0) is 49.2. The molecule has 0 rings (SSSR count). The molecule has 0 fully saturated rings. The third-order valence-corrected chi connectivity index (χ3v) is 14.9. The molecular weight excluding hydrogens is 837 g/mol. The van der Waals surface area contributed by atoms with Gasteiger partial charge in [-0.2, -0.15) is 0 Å². The number of aliphatic hydroxyl groups excluding tert-OH is 1. The summed E-state index contributed by atoms with van der Waals surface area (Å²) in [5.41, 5.74) is 0. The first-order valence-electron chi connectivity index (χ1n) is 31.6. The number of aliphatic hydroxyl groups is 1. The summed E-state index contributed by atoms with van der Waals surface area (Å²) in [5.74, 6) is -0.561. The van der Waals surface area contributed by atoms with Crippen LogP contribution in [0.25, 0.3) is 0 Å². The molecule has 0 spiro atoms. The molecule has 0 saturated heterocycles. The highest BCUT2D eigenvalue weighted by molar-refractivity contribution is 5.70. The molecule has 1 atom stereocenters. The minimum atomic E-state index is -0.764. The standard InChI is InChI=1S/C63H124O5/c1-3-5-7-9-11-13-15-17-19-21-23-25-26-27-28-29-30-31-32-33-34-35-36-38-40-42-44-46-48-50-52-54-56-58-63(66)68-61(59-64)60-67-62(65)57-55-53-51-49-47-45-43-41-39-37-24-22-20-18-16-14-12-10-8-6-4-2/h61,64H,3-60H2,1-2H3. The molecule has 0 aromatic carbocycles. The van der Waals surface area contributed by atoms with E-state index in [0.29, 0.717) is 12.8 Å². The number of carbonyl (C=O) groups is 2. The SMILES string of the molecule is CCCCCCCCCCCCCCCCCCCCCCCCCCCCCCCCCCCC(=O)OC(CO)COC(=O)CCCCCCCCCCCCCCCCCCCCCCC. The lowest BCUT2D eigenvalue weighted by Crippen LogP contribution is -2.28. The normalized spacial score (nSPS) is 12.0. The minimum Gasteiger partial charge on any atom is -0.462 e. The van der Waals surface area contributed by atoms with Gasteiger partial charge < -0.3 is 14.6 Å². The Morgan fingerprint density at radius 2 is 0.456 bits per heavy atom. The van der Waals surface area contributed by atoms with E-state index in [2.05, 4.69) is 13.8 Å². The van der Waals surface area contributed by atoms with Crippen molar-refractivity contribution >= 4 is 11.9 Å². The number of hydrogen-bond acceptors (Lipinski definition) is 5. The first-order chi connectivity index (χ1) is 33.6. The van der Waals surface area contributed by atoms with Crippen molar-refractivity contribution in [3.05, 3.63) is 0 Å². The highest BCUT2D eigenvalue weighted by Gasteiger charge is 2.16. The minimum absolute atomic E-state index is 0.0556. The monoisotopic (exact) mass is 961 g/mol. The summed E-state index contributed by atoms with van der Waals surface area (Å²) in [6.45, 7) is 4.22. The van der Waals surface area contributed by atoms with Gasteiger partial charge in [0.1, 0.15) is 6.61 Å². The van der Waals surface area contributed by atoms with Crippen LogP contribution < -0.4 is 0 Å². The lowest BCUT2D eigenvalue weighted by molar-refractivity contribution is -0.161. The van der Waals surface area contributed by atoms with Gasteiger partial charge in [-0.25, -0.2) is 0 Å². The summed E-state index contributed by atoms with van der Waals surface area (Å²) in [7, 11) is 0. The average molecular weight is 962 g/mol. The van der Waals surface area contributed by atoms with Crippen LogP contribution in [0, 0.1) is 0 Å². The van der Waals surface area contributed by atoms with Crippen LogP contribution in [0.2, 0.25) is 0 Å². The molecule has 406 valence electrons. The fraction of sp³-hybridized carbons (Fsp3) is 0.968. The molecule has 0 bridgehead atoms. The molecule has 5 nitrogen and oxygen atoms in total. The Balaban J connectivity index is 3.36. The van der Waals surface area contributed by atoms with Crippen molar-refractivity contribution in [3.8, 4) is 0 Å². The summed E-state index contributed by atoms with van der Waals surface area (Å²) < 4.78 is 10.7. The molecule has 0 aliphatic carbocycles. The van der Waals surface area contributed by atoms with Gasteiger partial charge in [0.15, 0.2) is 6.10 Å². The van der Waals surface area contributed by atoms with Crippen molar-refractivity contribution in [1.82, 2.24) is 0 Å². The third-order valence-electron chi connectivity index (χ3n) is 14.9. The highest BCUT2D eigenvalue weighted by atomic mass is 16.6. The zero-order valence-electron chi connectivity index (χ0n) is 46.7. The van der Waals surface area contributed by atoms with Gasteiger partial charge >= 0.3 is 11.9 Å². The first kappa shape index (κ1) is 66.9. The number of hydrogen-bond donors (Lipinski definition) is 1. The summed E-state index contributed by atoms with van der Waals surface area (Å²) >= 11 is 0. The summed E-state index contributed by atoms with van der Waals surface area (Å²) in [5, 5.41) is 9.67. The number of carbonyl (C=O) groups excluding carboxylic acids is 2. The van der Waals surface area contributed by atoms with E-state index in [9.17, 15) is 14.7 Å². The van der Waals surface area contributed by atoms with Crippen molar-refractivity contribution in [2.24, 2.45) is 0 Å². The molecule has 68 heavy (non-hydrogen) atoms. The predicted octanol–water partition coefficient (Wildman–Crippen LogP) is 21.3. The molecule has 0 aliphatic rings. The van der Waals surface area contributed by atoms with Gasteiger partial charge in [0.25, 0.3) is 0 Å². The van der Waals surface area contributed by atoms with E-state index in [4.69, 9.17) is 9.47 Å². The van der Waals surface area contributed by atoms with E-state index < -0.39 is 6.10 Å². The van der Waals surface area contributed by atoms with Crippen molar-refractivity contribution in [2.45, 2.75) is 380 Å². The van der Waals surface area contributed by atoms with Gasteiger partial charge in [0.2, 0.25) is 0 Å². The predicted molar refractivity (Wildman–Crippen MR) is 298 cm³/mol. The molecule has 5 heteroatoms. The summed E-state index contributed by atoms with van der Waals surface area (Å²) in [4.78, 5) is 24.6. The lowest BCUT2D eigenvalue weighted by atomic mass is 10.0. The number of unbranched alkanes of at least 4 members (excludes halogenated alkanes) is 52. The number of esters is 2. The Labute approximate surface area is 427 Å². The second kappa shape index (κ2) is 60.2. The fourth-order valence-electron chi connectivity index (χ4n) is 10.2. The molecule has 0 aromatic heterocycles. The largest absolute Gasteiger partial charge is 0.462 e. The Kier molecular flexibility index (Phi) is 59.2. The quantitative estimate of drug-likeness (QED) is 0.0486. The van der Waals surface area contributed by atoms with Gasteiger partial charge in [0.05, 0.1) is 6.61 Å². The number of ether oxygens (including phenoxy) is 2. The Hall–Kier alpha value is -1.10. The molecule has 0 radical (unpaired) electrons. The van der Waals surface area contributed by atoms with Gasteiger partial charge in [-0.3, -0.25) is 9.59 Å². The van der Waals surface area contributed by atoms with Crippen LogP contribution >= 0.6 is 0 Å². The van der Waals surface area contributed by atoms with E-state index in [1.165, 1.54) is 315 Å². The van der Waals surface area contributed by atoms with Crippen LogP contribution in [0.1, 0.15) is 373 Å². The fourth-order valence-corrected chi connectivity index (χ4v) is 10.2. The van der Waals surface area contributed by atoms with Gasteiger partial charge in [-0.05, 0) is 12.8 Å². The second-order valence-corrected chi connectivity index (χ2v) is 21.9. The smallest absolute Gasteiger partial charge is 0.306 e. The molecule has 0 amide bonds. The second-order valence-electron chi connectivity index (χ2n) is 21.9. The molecule has 0 saturated carbocycles. The van der Waals surface area contributed by atoms with E-state index in [0.717, 1.165) is 32.1 Å². The van der Waals surface area contributed by atoms with Crippen molar-refractivity contribution in [1.29, 1.82) is 0 Å². The number of rotatable bonds is 60. The van der Waals surface area contributed by atoms with Crippen molar-refractivity contribution in [2.75, 3.05) is 13.2 Å². The van der Waals surface area contributed by atoms with E-state index >= 15 is 0 Å². The van der Waals surface area contributed by atoms with Gasteiger partial charge in [-0.15, -0.1) is 0 Å². The molecule has 0 heterocycles. The average Bonchev–Trinajstić information content (AvgIpc) is 3.34. The molecule has 1 N–H and O–H groups in total. The van der Waals surface area contributed by atoms with Crippen LogP contribution in [0.4, 0.5) is 0 Å². The third kappa shape index (κ3) is 57.5. The molecule has 0 aromatic rings. The Bertz CT molecular complexity index is 952. The maximum absolute atomic E-state index is 12.3. The zero-order valence-corrected chi connectivity index (χ0v) is 46.7. The molecular formula is C63H124O5. The van der Waals surface area contributed by atoms with Crippen LogP contribution in [0.3, 0.4) is 0 Å².